The highest BCUT2D eigenvalue weighted by Crippen LogP contribution is 2.36. The quantitative estimate of drug-likeness (QED) is 0.774. The minimum Gasteiger partial charge on any atom is -0.493 e. The number of halogens is 2. The summed E-state index contributed by atoms with van der Waals surface area (Å²) in [6, 6.07) is 11.3. The van der Waals surface area contributed by atoms with Crippen LogP contribution in [-0.4, -0.2) is 12.4 Å². The van der Waals surface area contributed by atoms with E-state index in [2.05, 4.69) is 0 Å². The molecule has 1 heterocycles. The summed E-state index contributed by atoms with van der Waals surface area (Å²) in [5, 5.41) is 0.278. The van der Waals surface area contributed by atoms with Crippen LogP contribution in [0.1, 0.15) is 28.3 Å². The monoisotopic (exact) mass is 290 g/mol. The van der Waals surface area contributed by atoms with Gasteiger partial charge in [0.05, 0.1) is 17.5 Å². The third-order valence-electron chi connectivity index (χ3n) is 3.47. The second kappa shape index (κ2) is 5.25. The molecule has 1 atom stereocenters. The van der Waals surface area contributed by atoms with Crippen molar-refractivity contribution in [1.82, 2.24) is 0 Å². The number of carbonyl (C=O) groups is 1. The van der Waals surface area contributed by atoms with Crippen molar-refractivity contribution >= 4 is 17.4 Å². The highest BCUT2D eigenvalue weighted by molar-refractivity contribution is 6.34. The Bertz CT molecular complexity index is 669. The Labute approximate surface area is 121 Å². The summed E-state index contributed by atoms with van der Waals surface area (Å²) in [4.78, 5) is 12.6. The molecular weight excluding hydrogens is 279 g/mol. The SMILES string of the molecule is O=C(c1cc(F)ccc1Cl)C1CCOc2ccccc21. The first kappa shape index (κ1) is 13.1. The first-order valence-electron chi connectivity index (χ1n) is 6.38. The van der Waals surface area contributed by atoms with Crippen molar-refractivity contribution in [3.05, 3.63) is 64.4 Å². The van der Waals surface area contributed by atoms with Gasteiger partial charge in [-0.3, -0.25) is 4.79 Å². The van der Waals surface area contributed by atoms with Crippen LogP contribution in [0.5, 0.6) is 5.75 Å². The maximum Gasteiger partial charge on any atom is 0.172 e. The lowest BCUT2D eigenvalue weighted by molar-refractivity contribution is 0.0932. The summed E-state index contributed by atoms with van der Waals surface area (Å²) in [6.45, 7) is 0.473. The highest BCUT2D eigenvalue weighted by Gasteiger charge is 2.29. The number of Topliss-reactive ketones (excluding diaryl/α,β-unsaturated/α-hetero) is 1. The van der Waals surface area contributed by atoms with E-state index in [1.165, 1.54) is 18.2 Å². The van der Waals surface area contributed by atoms with E-state index in [1.807, 2.05) is 24.3 Å². The fraction of sp³-hybridized carbons (Fsp3) is 0.188. The summed E-state index contributed by atoms with van der Waals surface area (Å²) in [5.41, 5.74) is 1.07. The molecule has 1 unspecified atom stereocenters. The number of para-hydroxylation sites is 1. The van der Waals surface area contributed by atoms with Crippen LogP contribution >= 0.6 is 11.6 Å². The smallest absolute Gasteiger partial charge is 0.172 e. The van der Waals surface area contributed by atoms with Crippen LogP contribution in [0.15, 0.2) is 42.5 Å². The number of rotatable bonds is 2. The average molecular weight is 291 g/mol. The molecule has 2 nitrogen and oxygen atoms in total. The maximum atomic E-state index is 13.3. The topological polar surface area (TPSA) is 26.3 Å². The Morgan fingerprint density at radius 3 is 2.90 bits per heavy atom. The number of ketones is 1. The Morgan fingerprint density at radius 1 is 1.25 bits per heavy atom. The van der Waals surface area contributed by atoms with Crippen molar-refractivity contribution in [2.24, 2.45) is 0 Å². The van der Waals surface area contributed by atoms with Crippen LogP contribution in [-0.2, 0) is 0 Å². The fourth-order valence-electron chi connectivity index (χ4n) is 2.49. The molecule has 2 aromatic carbocycles. The van der Waals surface area contributed by atoms with Gasteiger partial charge in [-0.25, -0.2) is 4.39 Å². The van der Waals surface area contributed by atoms with Gasteiger partial charge < -0.3 is 4.74 Å². The second-order valence-electron chi connectivity index (χ2n) is 4.72. The van der Waals surface area contributed by atoms with Crippen LogP contribution in [0.4, 0.5) is 4.39 Å². The van der Waals surface area contributed by atoms with Gasteiger partial charge >= 0.3 is 0 Å². The molecule has 1 aliphatic heterocycles. The van der Waals surface area contributed by atoms with Crippen LogP contribution in [0.3, 0.4) is 0 Å². The van der Waals surface area contributed by atoms with E-state index in [-0.39, 0.29) is 22.3 Å². The van der Waals surface area contributed by atoms with E-state index in [0.29, 0.717) is 18.8 Å². The Hall–Kier alpha value is -1.87. The van der Waals surface area contributed by atoms with E-state index in [0.717, 1.165) is 5.56 Å². The number of ether oxygens (including phenoxy) is 1. The number of fused-ring (bicyclic) bond motifs is 1. The minimum atomic E-state index is -0.460. The zero-order valence-electron chi connectivity index (χ0n) is 10.6. The molecule has 0 saturated carbocycles. The Kier molecular flexibility index (Phi) is 3.45. The predicted molar refractivity (Wildman–Crippen MR) is 75.0 cm³/mol. The highest BCUT2D eigenvalue weighted by atomic mass is 35.5. The van der Waals surface area contributed by atoms with Gasteiger partial charge in [-0.05, 0) is 30.7 Å². The third kappa shape index (κ3) is 2.29. The van der Waals surface area contributed by atoms with Crippen molar-refractivity contribution < 1.29 is 13.9 Å². The maximum absolute atomic E-state index is 13.3. The number of hydrogen-bond acceptors (Lipinski definition) is 2. The summed E-state index contributed by atoms with van der Waals surface area (Å²) in [5.74, 6) is -0.243. The summed E-state index contributed by atoms with van der Waals surface area (Å²) in [6.07, 6.45) is 0.572. The molecule has 4 heteroatoms. The first-order chi connectivity index (χ1) is 9.66. The van der Waals surface area contributed by atoms with Gasteiger partial charge in [0.2, 0.25) is 0 Å². The number of benzene rings is 2. The van der Waals surface area contributed by atoms with Gasteiger partial charge in [0.25, 0.3) is 0 Å². The van der Waals surface area contributed by atoms with Crippen LogP contribution < -0.4 is 4.74 Å². The average Bonchev–Trinajstić information content (AvgIpc) is 2.48. The minimum absolute atomic E-state index is 0.162. The first-order valence-corrected chi connectivity index (χ1v) is 6.75. The van der Waals surface area contributed by atoms with Gasteiger partial charge in [-0.1, -0.05) is 29.8 Å². The molecule has 0 radical (unpaired) electrons. The molecule has 0 fully saturated rings. The van der Waals surface area contributed by atoms with Gasteiger partial charge in [0.1, 0.15) is 11.6 Å². The second-order valence-corrected chi connectivity index (χ2v) is 5.12. The van der Waals surface area contributed by atoms with E-state index >= 15 is 0 Å². The zero-order valence-corrected chi connectivity index (χ0v) is 11.4. The largest absolute Gasteiger partial charge is 0.493 e. The standard InChI is InChI=1S/C16H12ClFO2/c17-14-6-5-10(18)9-13(14)16(19)12-7-8-20-15-4-2-1-3-11(12)15/h1-6,9,12H,7-8H2. The lowest BCUT2D eigenvalue weighted by Gasteiger charge is -2.25. The Morgan fingerprint density at radius 2 is 2.05 bits per heavy atom. The molecule has 0 amide bonds. The number of hydrogen-bond donors (Lipinski definition) is 0. The zero-order chi connectivity index (χ0) is 14.1. The molecule has 1 aliphatic rings. The van der Waals surface area contributed by atoms with Gasteiger partial charge in [-0.2, -0.15) is 0 Å². The predicted octanol–water partition coefficient (Wildman–Crippen LogP) is 4.23. The molecule has 2 aromatic rings. The van der Waals surface area contributed by atoms with Crippen molar-refractivity contribution in [3.8, 4) is 5.75 Å². The van der Waals surface area contributed by atoms with E-state index in [9.17, 15) is 9.18 Å². The lowest BCUT2D eigenvalue weighted by Crippen LogP contribution is -2.21. The molecule has 0 aromatic heterocycles. The molecule has 0 bridgehead atoms. The van der Waals surface area contributed by atoms with Crippen molar-refractivity contribution in [2.75, 3.05) is 6.61 Å². The molecule has 102 valence electrons. The third-order valence-corrected chi connectivity index (χ3v) is 3.80. The van der Waals surface area contributed by atoms with Crippen LogP contribution in [0.2, 0.25) is 5.02 Å². The van der Waals surface area contributed by atoms with Crippen molar-refractivity contribution in [3.63, 3.8) is 0 Å². The van der Waals surface area contributed by atoms with E-state index in [4.69, 9.17) is 16.3 Å². The summed E-state index contributed by atoms with van der Waals surface area (Å²) < 4.78 is 18.9. The van der Waals surface area contributed by atoms with Gasteiger partial charge in [-0.15, -0.1) is 0 Å². The van der Waals surface area contributed by atoms with Crippen molar-refractivity contribution in [1.29, 1.82) is 0 Å². The van der Waals surface area contributed by atoms with Crippen LogP contribution in [0, 0.1) is 5.82 Å². The van der Waals surface area contributed by atoms with E-state index < -0.39 is 5.82 Å². The van der Waals surface area contributed by atoms with Crippen molar-refractivity contribution in [2.45, 2.75) is 12.3 Å². The molecule has 20 heavy (non-hydrogen) atoms. The molecule has 0 spiro atoms. The number of carbonyl (C=O) groups excluding carboxylic acids is 1. The van der Waals surface area contributed by atoms with E-state index in [1.54, 1.807) is 0 Å². The van der Waals surface area contributed by atoms with Gasteiger partial charge in [0.15, 0.2) is 5.78 Å². The fourth-order valence-corrected chi connectivity index (χ4v) is 2.70. The van der Waals surface area contributed by atoms with Crippen LogP contribution in [0.25, 0.3) is 0 Å². The molecular formula is C16H12ClFO2. The summed E-state index contributed by atoms with van der Waals surface area (Å²) >= 11 is 6.02. The molecule has 3 rings (SSSR count). The summed E-state index contributed by atoms with van der Waals surface area (Å²) in [7, 11) is 0. The molecule has 0 saturated heterocycles. The molecule has 0 N–H and O–H groups in total. The van der Waals surface area contributed by atoms with Gasteiger partial charge in [0, 0.05) is 11.1 Å². The lowest BCUT2D eigenvalue weighted by atomic mass is 9.86. The Balaban J connectivity index is 2.02. The normalized spacial score (nSPS) is 17.2. The molecule has 0 aliphatic carbocycles.